The summed E-state index contributed by atoms with van der Waals surface area (Å²) in [6.07, 6.45) is 1.74. The largest absolute Gasteiger partial charge is 0.480 e. The van der Waals surface area contributed by atoms with E-state index in [-0.39, 0.29) is 6.54 Å². The molecule has 0 aliphatic carbocycles. The van der Waals surface area contributed by atoms with E-state index in [1.54, 1.807) is 6.20 Å². The van der Waals surface area contributed by atoms with E-state index >= 15 is 0 Å². The number of aliphatic carboxylic acids is 1. The molecule has 0 aliphatic rings. The van der Waals surface area contributed by atoms with Crippen LogP contribution in [-0.2, 0) is 22.6 Å². The summed E-state index contributed by atoms with van der Waals surface area (Å²) in [6, 6.07) is -2.13. The van der Waals surface area contributed by atoms with Crippen LogP contribution in [0.1, 0.15) is 25.0 Å². The van der Waals surface area contributed by atoms with Crippen molar-refractivity contribution in [1.82, 2.24) is 15.6 Å². The lowest BCUT2D eigenvalue weighted by atomic mass is 10.2. The number of carboxylic acids is 1. The molecule has 0 spiro atoms. The van der Waals surface area contributed by atoms with Gasteiger partial charge in [-0.15, -0.1) is 0 Å². The summed E-state index contributed by atoms with van der Waals surface area (Å²) in [7, 11) is 0. The quantitative estimate of drug-likeness (QED) is 0.523. The fourth-order valence-corrected chi connectivity index (χ4v) is 1.36. The first-order valence-corrected chi connectivity index (χ1v) is 5.91. The highest BCUT2D eigenvalue weighted by Gasteiger charge is 2.22. The van der Waals surface area contributed by atoms with Gasteiger partial charge in [0.15, 0.2) is 0 Å². The summed E-state index contributed by atoms with van der Waals surface area (Å²) >= 11 is 0. The fourth-order valence-electron chi connectivity index (χ4n) is 1.36. The summed E-state index contributed by atoms with van der Waals surface area (Å²) in [5, 5.41) is 13.3. The smallest absolute Gasteiger partial charge is 0.326 e. The molecular weight excluding hydrogens is 268 g/mol. The average Bonchev–Trinajstić information content (AvgIpc) is 2.83. The maximum atomic E-state index is 11.5. The zero-order chi connectivity index (χ0) is 15.1. The minimum absolute atomic E-state index is 0.00867. The Hall–Kier alpha value is -2.58. The van der Waals surface area contributed by atoms with Gasteiger partial charge in [0.05, 0.1) is 19.2 Å². The molecule has 20 heavy (non-hydrogen) atoms. The molecule has 1 heterocycles. The van der Waals surface area contributed by atoms with Crippen molar-refractivity contribution in [2.75, 3.05) is 0 Å². The van der Waals surface area contributed by atoms with E-state index in [0.717, 1.165) is 0 Å². The molecule has 0 saturated heterocycles. The van der Waals surface area contributed by atoms with Gasteiger partial charge in [-0.3, -0.25) is 4.79 Å². The summed E-state index contributed by atoms with van der Waals surface area (Å²) in [5.41, 5.74) is 4.89. The third-order valence-electron chi connectivity index (χ3n) is 2.36. The molecule has 0 saturated carbocycles. The zero-order valence-electron chi connectivity index (χ0n) is 10.9. The number of oxazole rings is 1. The maximum Gasteiger partial charge on any atom is 0.326 e. The second-order valence-corrected chi connectivity index (χ2v) is 3.96. The van der Waals surface area contributed by atoms with Gasteiger partial charge in [0.25, 0.3) is 0 Å². The first kappa shape index (κ1) is 15.5. The molecule has 1 rings (SSSR count). The average molecular weight is 284 g/mol. The first-order chi connectivity index (χ1) is 9.42. The number of aromatic nitrogens is 1. The number of carbonyl (C=O) groups excluding carboxylic acids is 2. The van der Waals surface area contributed by atoms with E-state index < -0.39 is 30.4 Å². The van der Waals surface area contributed by atoms with Gasteiger partial charge >= 0.3 is 12.0 Å². The van der Waals surface area contributed by atoms with Crippen molar-refractivity contribution >= 4 is 17.9 Å². The van der Waals surface area contributed by atoms with Crippen molar-refractivity contribution in [3.63, 3.8) is 0 Å². The van der Waals surface area contributed by atoms with Crippen molar-refractivity contribution in [2.24, 2.45) is 5.73 Å². The van der Waals surface area contributed by atoms with Crippen LogP contribution in [0.5, 0.6) is 0 Å². The molecule has 9 heteroatoms. The monoisotopic (exact) mass is 284 g/mol. The number of nitrogens with two attached hydrogens (primary N) is 1. The lowest BCUT2D eigenvalue weighted by Gasteiger charge is -2.12. The lowest BCUT2D eigenvalue weighted by molar-refractivity contribution is -0.140. The van der Waals surface area contributed by atoms with Gasteiger partial charge < -0.3 is 25.9 Å². The molecule has 0 unspecified atom stereocenters. The van der Waals surface area contributed by atoms with E-state index in [4.69, 9.17) is 15.3 Å². The highest BCUT2D eigenvalue weighted by molar-refractivity contribution is 5.87. The minimum atomic E-state index is -1.37. The molecule has 1 aromatic rings. The van der Waals surface area contributed by atoms with Crippen LogP contribution in [-0.4, -0.2) is 34.0 Å². The van der Waals surface area contributed by atoms with E-state index in [0.29, 0.717) is 18.1 Å². The predicted octanol–water partition coefficient (Wildman–Crippen LogP) is -0.635. The highest BCUT2D eigenvalue weighted by Crippen LogP contribution is 2.03. The molecule has 0 fully saturated rings. The molecule has 9 nitrogen and oxygen atoms in total. The second-order valence-electron chi connectivity index (χ2n) is 3.96. The normalized spacial score (nSPS) is 11.7. The van der Waals surface area contributed by atoms with Crippen LogP contribution in [0.4, 0.5) is 4.79 Å². The van der Waals surface area contributed by atoms with E-state index in [1.807, 2.05) is 6.92 Å². The number of hydrogen-bond acceptors (Lipinski definition) is 5. The van der Waals surface area contributed by atoms with Crippen LogP contribution in [0.3, 0.4) is 0 Å². The Bertz CT molecular complexity index is 499. The number of primary amides is 1. The Balaban J connectivity index is 2.45. The molecule has 1 atom stereocenters. The molecule has 0 radical (unpaired) electrons. The van der Waals surface area contributed by atoms with Crippen molar-refractivity contribution in [1.29, 1.82) is 0 Å². The van der Waals surface area contributed by atoms with Gasteiger partial charge in [0.1, 0.15) is 11.8 Å². The predicted molar refractivity (Wildman–Crippen MR) is 66.5 cm³/mol. The number of rotatable bonds is 7. The third-order valence-corrected chi connectivity index (χ3v) is 2.36. The Morgan fingerprint density at radius 1 is 1.50 bits per heavy atom. The van der Waals surface area contributed by atoms with Crippen LogP contribution in [0.15, 0.2) is 10.6 Å². The fraction of sp³-hybridized carbons (Fsp3) is 0.455. The zero-order valence-corrected chi connectivity index (χ0v) is 10.9. The number of nitrogens with one attached hydrogen (secondary N) is 2. The Kier molecular flexibility index (Phi) is 5.51. The Labute approximate surface area is 114 Å². The standard InChI is InChI=1S/C11H16N4O5/c1-2-6-4-13-9(20-6)5-14-11(19)15-7(10(17)18)3-8(12)16/h4,7H,2-3,5H2,1H3,(H2,12,16)(H,17,18)(H2,14,15,19)/t7-/m0/s1. The molecule has 0 aliphatic heterocycles. The van der Waals surface area contributed by atoms with E-state index in [2.05, 4.69) is 15.6 Å². The van der Waals surface area contributed by atoms with Crippen molar-refractivity contribution < 1.29 is 23.9 Å². The third kappa shape index (κ3) is 4.96. The molecule has 3 amide bonds. The van der Waals surface area contributed by atoms with Gasteiger partial charge in [-0.25, -0.2) is 14.6 Å². The van der Waals surface area contributed by atoms with Crippen LogP contribution in [0, 0.1) is 0 Å². The number of urea groups is 1. The van der Waals surface area contributed by atoms with Crippen LogP contribution < -0.4 is 16.4 Å². The number of amides is 3. The second kappa shape index (κ2) is 7.12. The van der Waals surface area contributed by atoms with Gasteiger partial charge in [0.2, 0.25) is 11.8 Å². The van der Waals surface area contributed by atoms with Crippen molar-refractivity contribution in [3.05, 3.63) is 17.8 Å². The van der Waals surface area contributed by atoms with Crippen LogP contribution in [0.2, 0.25) is 0 Å². The lowest BCUT2D eigenvalue weighted by Crippen LogP contribution is -2.47. The summed E-state index contributed by atoms with van der Waals surface area (Å²) in [5.74, 6) is -1.18. The van der Waals surface area contributed by atoms with Gasteiger partial charge in [-0.1, -0.05) is 6.92 Å². The molecule has 1 aromatic heterocycles. The summed E-state index contributed by atoms with van der Waals surface area (Å²) in [4.78, 5) is 36.9. The molecule has 110 valence electrons. The molecule has 0 bridgehead atoms. The SMILES string of the molecule is CCc1cnc(CNC(=O)N[C@@H](CC(N)=O)C(=O)O)o1. The highest BCUT2D eigenvalue weighted by atomic mass is 16.4. The van der Waals surface area contributed by atoms with Gasteiger partial charge in [-0.2, -0.15) is 0 Å². The number of aryl methyl sites for hydroxylation is 1. The first-order valence-electron chi connectivity index (χ1n) is 5.91. The Morgan fingerprint density at radius 2 is 2.20 bits per heavy atom. The number of nitrogens with zero attached hydrogens (tertiary/aromatic N) is 1. The number of carbonyl (C=O) groups is 3. The molecular formula is C11H16N4O5. The van der Waals surface area contributed by atoms with Crippen LogP contribution >= 0.6 is 0 Å². The van der Waals surface area contributed by atoms with Crippen molar-refractivity contribution in [2.45, 2.75) is 32.4 Å². The molecule has 5 N–H and O–H groups in total. The van der Waals surface area contributed by atoms with Crippen molar-refractivity contribution in [3.8, 4) is 0 Å². The minimum Gasteiger partial charge on any atom is -0.480 e. The summed E-state index contributed by atoms with van der Waals surface area (Å²) < 4.78 is 5.26. The number of carboxylic acid groups (broad SMARTS) is 1. The molecule has 0 aromatic carbocycles. The maximum absolute atomic E-state index is 11.5. The van der Waals surface area contributed by atoms with E-state index in [9.17, 15) is 14.4 Å². The number of hydrogen-bond donors (Lipinski definition) is 4. The van der Waals surface area contributed by atoms with E-state index in [1.165, 1.54) is 0 Å². The summed E-state index contributed by atoms with van der Waals surface area (Å²) in [6.45, 7) is 1.90. The topological polar surface area (TPSA) is 148 Å². The van der Waals surface area contributed by atoms with Gasteiger partial charge in [-0.05, 0) is 0 Å². The van der Waals surface area contributed by atoms with Gasteiger partial charge in [0, 0.05) is 6.42 Å². The van der Waals surface area contributed by atoms with Crippen LogP contribution in [0.25, 0.3) is 0 Å². The Morgan fingerprint density at radius 3 is 2.70 bits per heavy atom.